The highest BCUT2D eigenvalue weighted by atomic mass is 19.2. The van der Waals surface area contributed by atoms with E-state index < -0.39 is 17.5 Å². The van der Waals surface area contributed by atoms with Crippen LogP contribution in [0.3, 0.4) is 0 Å². The average molecular weight is 532 g/mol. The van der Waals surface area contributed by atoms with E-state index in [4.69, 9.17) is 4.74 Å². The molecular weight excluding hydrogens is 497 g/mol. The van der Waals surface area contributed by atoms with Crippen molar-refractivity contribution in [2.75, 3.05) is 13.1 Å². The second kappa shape index (κ2) is 10.7. The van der Waals surface area contributed by atoms with E-state index in [1.165, 1.54) is 6.07 Å². The third kappa shape index (κ3) is 4.85. The highest BCUT2D eigenvalue weighted by Crippen LogP contribution is 2.50. The Kier molecular flexibility index (Phi) is 7.17. The van der Waals surface area contributed by atoms with Gasteiger partial charge in [0.15, 0.2) is 17.5 Å². The van der Waals surface area contributed by atoms with Crippen LogP contribution in [-0.4, -0.2) is 28.6 Å². The van der Waals surface area contributed by atoms with Crippen molar-refractivity contribution in [1.29, 1.82) is 0 Å². The SMILES string of the molecule is CC[C@H]1C[N+]2(Cc3ccc(F)c(F)c3F)CC[C@H]1C[C@H]2[C@H](OCc1ccccc1)c1ccnc2ccccc12. The van der Waals surface area contributed by atoms with E-state index >= 15 is 4.39 Å². The standard InChI is InChI=1S/C33H34F3N2O/c1-2-23-19-38(20-25-12-13-28(34)32(36)31(25)35)17-15-24(23)18-30(38)33(39-21-22-8-4-3-5-9-22)27-14-16-37-29-11-7-6-10-26(27)29/h3-14,16,23-24,30,33H,2,15,17-21H2,1H3/q+1/t23-,24-,30-,33+,38?/m0/s1. The van der Waals surface area contributed by atoms with Gasteiger partial charge in [-0.1, -0.05) is 55.5 Å². The third-order valence-corrected chi connectivity index (χ3v) is 9.19. The van der Waals surface area contributed by atoms with Crippen molar-refractivity contribution in [2.45, 2.75) is 51.5 Å². The highest BCUT2D eigenvalue weighted by Gasteiger charge is 2.55. The number of fused-ring (bicyclic) bond motifs is 4. The number of pyridine rings is 1. The van der Waals surface area contributed by atoms with Gasteiger partial charge in [-0.15, -0.1) is 0 Å². The third-order valence-electron chi connectivity index (χ3n) is 9.19. The van der Waals surface area contributed by atoms with Crippen LogP contribution in [0.1, 0.15) is 49.0 Å². The summed E-state index contributed by atoms with van der Waals surface area (Å²) in [5.74, 6) is -2.54. The maximum atomic E-state index is 15.1. The Bertz CT molecular complexity index is 1460. The second-order valence-electron chi connectivity index (χ2n) is 11.3. The summed E-state index contributed by atoms with van der Waals surface area (Å²) in [5.41, 5.74) is 3.30. The molecule has 3 fully saturated rings. The van der Waals surface area contributed by atoms with Crippen LogP contribution >= 0.6 is 0 Å². The van der Waals surface area contributed by atoms with Crippen LogP contribution in [0.25, 0.3) is 10.9 Å². The summed E-state index contributed by atoms with van der Waals surface area (Å²) in [4.78, 5) is 4.59. The molecule has 0 N–H and O–H groups in total. The largest absolute Gasteiger partial charge is 0.363 e. The number of piperidine rings is 3. The number of quaternary nitrogens is 1. The zero-order chi connectivity index (χ0) is 27.0. The van der Waals surface area contributed by atoms with E-state index in [2.05, 4.69) is 30.1 Å². The second-order valence-corrected chi connectivity index (χ2v) is 11.3. The summed E-state index contributed by atoms with van der Waals surface area (Å²) >= 11 is 0. The molecule has 6 heteroatoms. The zero-order valence-corrected chi connectivity index (χ0v) is 22.2. The van der Waals surface area contributed by atoms with Crippen LogP contribution in [-0.2, 0) is 17.9 Å². The first-order valence-corrected chi connectivity index (χ1v) is 14.0. The Labute approximate surface area is 227 Å². The average Bonchev–Trinajstić information content (AvgIpc) is 2.98. The minimum atomic E-state index is -1.39. The van der Waals surface area contributed by atoms with Gasteiger partial charge in [0.2, 0.25) is 0 Å². The summed E-state index contributed by atoms with van der Waals surface area (Å²) in [7, 11) is 0. The number of hydrogen-bond donors (Lipinski definition) is 0. The van der Waals surface area contributed by atoms with Gasteiger partial charge in [-0.25, -0.2) is 13.2 Å². The Balaban J connectivity index is 1.45. The number of halogens is 3. The van der Waals surface area contributed by atoms with Gasteiger partial charge in [0.05, 0.1) is 25.2 Å². The molecule has 202 valence electrons. The topological polar surface area (TPSA) is 22.1 Å². The van der Waals surface area contributed by atoms with Gasteiger partial charge in [-0.2, -0.15) is 0 Å². The Morgan fingerprint density at radius 1 is 0.949 bits per heavy atom. The van der Waals surface area contributed by atoms with Gasteiger partial charge in [0.25, 0.3) is 0 Å². The lowest BCUT2D eigenvalue weighted by atomic mass is 9.70. The lowest BCUT2D eigenvalue weighted by Crippen LogP contribution is -2.68. The Morgan fingerprint density at radius 3 is 2.56 bits per heavy atom. The minimum absolute atomic E-state index is 0.0357. The number of rotatable bonds is 8. The fourth-order valence-electron chi connectivity index (χ4n) is 7.21. The van der Waals surface area contributed by atoms with Crippen molar-refractivity contribution < 1.29 is 22.4 Å². The molecule has 1 aromatic heterocycles. The Morgan fingerprint density at radius 2 is 1.74 bits per heavy atom. The molecule has 7 rings (SSSR count). The molecule has 0 amide bonds. The van der Waals surface area contributed by atoms with E-state index in [1.54, 1.807) is 0 Å². The monoisotopic (exact) mass is 531 g/mol. The fraction of sp³-hybridized carbons (Fsp3) is 0.364. The van der Waals surface area contributed by atoms with Crippen LogP contribution < -0.4 is 0 Å². The van der Waals surface area contributed by atoms with E-state index in [0.29, 0.717) is 29.5 Å². The van der Waals surface area contributed by atoms with Gasteiger partial charge >= 0.3 is 0 Å². The summed E-state index contributed by atoms with van der Waals surface area (Å²) < 4.78 is 50.7. The smallest absolute Gasteiger partial charge is 0.194 e. The van der Waals surface area contributed by atoms with Crippen molar-refractivity contribution in [2.24, 2.45) is 11.8 Å². The van der Waals surface area contributed by atoms with Crippen LogP contribution in [0, 0.1) is 29.3 Å². The molecule has 39 heavy (non-hydrogen) atoms. The van der Waals surface area contributed by atoms with Crippen LogP contribution in [0.5, 0.6) is 0 Å². The normalized spacial score (nSPS) is 25.2. The molecule has 0 saturated carbocycles. The molecule has 3 nitrogen and oxygen atoms in total. The molecule has 0 spiro atoms. The quantitative estimate of drug-likeness (QED) is 0.171. The van der Waals surface area contributed by atoms with Crippen molar-refractivity contribution in [1.82, 2.24) is 4.98 Å². The summed E-state index contributed by atoms with van der Waals surface area (Å²) in [6, 6.07) is 22.8. The predicted octanol–water partition coefficient (Wildman–Crippen LogP) is 7.75. The molecule has 3 aliphatic rings. The first-order chi connectivity index (χ1) is 19.0. The maximum Gasteiger partial charge on any atom is 0.194 e. The number of nitrogens with zero attached hydrogens (tertiary/aromatic N) is 2. The molecule has 3 aliphatic heterocycles. The molecule has 4 heterocycles. The summed E-state index contributed by atoms with van der Waals surface area (Å²) in [6.07, 6.45) is 4.60. The first-order valence-electron chi connectivity index (χ1n) is 14.0. The predicted molar refractivity (Wildman–Crippen MR) is 146 cm³/mol. The number of ether oxygens (including phenoxy) is 1. The van der Waals surface area contributed by atoms with E-state index in [9.17, 15) is 8.78 Å². The highest BCUT2D eigenvalue weighted by molar-refractivity contribution is 5.82. The number of hydrogen-bond acceptors (Lipinski definition) is 2. The molecule has 3 saturated heterocycles. The molecular formula is C33H34F3N2O+. The number of benzene rings is 3. The molecule has 1 unspecified atom stereocenters. The van der Waals surface area contributed by atoms with E-state index in [1.807, 2.05) is 48.7 Å². The van der Waals surface area contributed by atoms with Gasteiger partial charge < -0.3 is 9.22 Å². The molecule has 5 atom stereocenters. The molecule has 2 bridgehead atoms. The summed E-state index contributed by atoms with van der Waals surface area (Å²) in [5, 5.41) is 1.05. The lowest BCUT2D eigenvalue weighted by Gasteiger charge is -2.59. The maximum absolute atomic E-state index is 15.1. The minimum Gasteiger partial charge on any atom is -0.363 e. The summed E-state index contributed by atoms with van der Waals surface area (Å²) in [6.45, 7) is 4.71. The lowest BCUT2D eigenvalue weighted by molar-refractivity contribution is -0.986. The van der Waals surface area contributed by atoms with E-state index in [0.717, 1.165) is 60.4 Å². The van der Waals surface area contributed by atoms with Crippen molar-refractivity contribution in [3.63, 3.8) is 0 Å². The van der Waals surface area contributed by atoms with E-state index in [-0.39, 0.29) is 17.7 Å². The van der Waals surface area contributed by atoms with Gasteiger partial charge in [-0.05, 0) is 47.7 Å². The van der Waals surface area contributed by atoms with Crippen LogP contribution in [0.2, 0.25) is 0 Å². The van der Waals surface area contributed by atoms with Crippen molar-refractivity contribution in [3.05, 3.63) is 113 Å². The van der Waals surface area contributed by atoms with Gasteiger partial charge in [-0.3, -0.25) is 4.98 Å². The fourth-order valence-corrected chi connectivity index (χ4v) is 7.21. The molecule has 4 aromatic rings. The molecule has 0 radical (unpaired) electrons. The van der Waals surface area contributed by atoms with Gasteiger partial charge in [0, 0.05) is 35.9 Å². The van der Waals surface area contributed by atoms with Crippen molar-refractivity contribution >= 4 is 10.9 Å². The first kappa shape index (κ1) is 26.0. The Hall–Kier alpha value is -3.22. The van der Waals surface area contributed by atoms with Gasteiger partial charge in [0.1, 0.15) is 18.7 Å². The van der Waals surface area contributed by atoms with Crippen molar-refractivity contribution in [3.8, 4) is 0 Å². The number of aromatic nitrogens is 1. The molecule has 3 aromatic carbocycles. The zero-order valence-electron chi connectivity index (χ0n) is 22.2. The molecule has 0 aliphatic carbocycles. The number of para-hydroxylation sites is 1. The van der Waals surface area contributed by atoms with Crippen LogP contribution in [0.15, 0.2) is 79.0 Å². The van der Waals surface area contributed by atoms with Crippen LogP contribution in [0.4, 0.5) is 13.2 Å².